The Bertz CT molecular complexity index is 557. The number of likely N-dealkylation sites (N-methyl/N-ethyl adjacent to an activating group) is 1. The number of hydrogen-bond acceptors (Lipinski definition) is 3. The molecule has 1 heterocycles. The Hall–Kier alpha value is -1.95. The molecule has 1 aromatic rings. The van der Waals surface area contributed by atoms with Gasteiger partial charge in [-0.15, -0.1) is 0 Å². The molecule has 0 radical (unpaired) electrons. The summed E-state index contributed by atoms with van der Waals surface area (Å²) in [5.41, 5.74) is 6.10. The third-order valence-corrected chi connectivity index (χ3v) is 4.35. The molecule has 0 aliphatic carbocycles. The van der Waals surface area contributed by atoms with E-state index in [4.69, 9.17) is 5.73 Å². The average Bonchev–Trinajstić information content (AvgIpc) is 2.53. The minimum absolute atomic E-state index is 0.0225. The number of nitrogens with two attached hydrogens (primary N) is 1. The molecular formula is C17H24FN3O2. The Kier molecular flexibility index (Phi) is 6.10. The van der Waals surface area contributed by atoms with E-state index in [2.05, 4.69) is 4.90 Å². The highest BCUT2D eigenvalue weighted by molar-refractivity contribution is 5.78. The number of amides is 2. The van der Waals surface area contributed by atoms with Gasteiger partial charge in [0.1, 0.15) is 5.82 Å². The molecule has 0 atom stereocenters. The van der Waals surface area contributed by atoms with Crippen LogP contribution in [0, 0.1) is 11.7 Å². The van der Waals surface area contributed by atoms with Gasteiger partial charge in [-0.3, -0.25) is 14.5 Å². The van der Waals surface area contributed by atoms with Gasteiger partial charge < -0.3 is 10.6 Å². The lowest BCUT2D eigenvalue weighted by Gasteiger charge is -2.31. The van der Waals surface area contributed by atoms with Crippen LogP contribution in [0.2, 0.25) is 0 Å². The second kappa shape index (κ2) is 8.06. The van der Waals surface area contributed by atoms with Gasteiger partial charge in [-0.05, 0) is 50.6 Å². The molecule has 2 rings (SSSR count). The first-order valence-corrected chi connectivity index (χ1v) is 8.03. The second-order valence-electron chi connectivity index (χ2n) is 5.99. The smallest absolute Gasteiger partial charge is 0.237 e. The van der Waals surface area contributed by atoms with E-state index < -0.39 is 0 Å². The zero-order valence-corrected chi connectivity index (χ0v) is 13.5. The van der Waals surface area contributed by atoms with Crippen molar-refractivity contribution in [2.24, 2.45) is 11.7 Å². The summed E-state index contributed by atoms with van der Waals surface area (Å²) < 4.78 is 13.2. The quantitative estimate of drug-likeness (QED) is 0.860. The molecule has 126 valence electrons. The highest BCUT2D eigenvalue weighted by Gasteiger charge is 2.25. The van der Waals surface area contributed by atoms with Gasteiger partial charge in [-0.25, -0.2) is 4.39 Å². The number of likely N-dealkylation sites (tertiary alicyclic amines) is 1. The molecule has 1 fully saturated rings. The molecule has 6 heteroatoms. The van der Waals surface area contributed by atoms with E-state index in [-0.39, 0.29) is 23.5 Å². The van der Waals surface area contributed by atoms with Gasteiger partial charge in [0.05, 0.1) is 6.54 Å². The van der Waals surface area contributed by atoms with E-state index in [0.717, 1.165) is 5.56 Å². The minimum Gasteiger partial charge on any atom is -0.369 e. The van der Waals surface area contributed by atoms with Gasteiger partial charge in [0.2, 0.25) is 11.8 Å². The van der Waals surface area contributed by atoms with Crippen molar-refractivity contribution < 1.29 is 14.0 Å². The van der Waals surface area contributed by atoms with E-state index in [9.17, 15) is 14.0 Å². The summed E-state index contributed by atoms with van der Waals surface area (Å²) in [5, 5.41) is 0. The SMILES string of the molecule is CCN(Cc1cccc(F)c1)C(=O)CN1CCC(C(N)=O)CC1. The molecule has 0 unspecified atom stereocenters. The fourth-order valence-electron chi connectivity index (χ4n) is 2.90. The minimum atomic E-state index is -0.292. The maximum absolute atomic E-state index is 13.2. The van der Waals surface area contributed by atoms with Crippen molar-refractivity contribution in [1.29, 1.82) is 0 Å². The summed E-state index contributed by atoms with van der Waals surface area (Å²) in [6, 6.07) is 6.31. The number of primary amides is 1. The lowest BCUT2D eigenvalue weighted by atomic mass is 9.96. The first-order chi connectivity index (χ1) is 11.0. The molecule has 1 saturated heterocycles. The van der Waals surface area contributed by atoms with E-state index in [1.165, 1.54) is 12.1 Å². The van der Waals surface area contributed by atoms with E-state index >= 15 is 0 Å². The summed E-state index contributed by atoms with van der Waals surface area (Å²) in [5.74, 6) is -0.595. The lowest BCUT2D eigenvalue weighted by molar-refractivity contribution is -0.133. The van der Waals surface area contributed by atoms with E-state index in [0.29, 0.717) is 45.6 Å². The van der Waals surface area contributed by atoms with Crippen molar-refractivity contribution >= 4 is 11.8 Å². The van der Waals surface area contributed by atoms with Gasteiger partial charge in [0.25, 0.3) is 0 Å². The molecule has 0 bridgehead atoms. The van der Waals surface area contributed by atoms with Crippen LogP contribution in [0.25, 0.3) is 0 Å². The lowest BCUT2D eigenvalue weighted by Crippen LogP contribution is -2.44. The Labute approximate surface area is 136 Å². The largest absolute Gasteiger partial charge is 0.369 e. The number of rotatable bonds is 6. The Morgan fingerprint density at radius 1 is 1.35 bits per heavy atom. The van der Waals surface area contributed by atoms with Crippen LogP contribution in [0.3, 0.4) is 0 Å². The van der Waals surface area contributed by atoms with Crippen molar-refractivity contribution in [3.63, 3.8) is 0 Å². The fraction of sp³-hybridized carbons (Fsp3) is 0.529. The zero-order chi connectivity index (χ0) is 16.8. The standard InChI is InChI=1S/C17H24FN3O2/c1-2-21(11-13-4-3-5-15(18)10-13)16(22)12-20-8-6-14(7-9-20)17(19)23/h3-5,10,14H,2,6-9,11-12H2,1H3,(H2,19,23). The molecular weight excluding hydrogens is 297 g/mol. The summed E-state index contributed by atoms with van der Waals surface area (Å²) >= 11 is 0. The molecule has 5 nitrogen and oxygen atoms in total. The third-order valence-electron chi connectivity index (χ3n) is 4.35. The Morgan fingerprint density at radius 3 is 2.61 bits per heavy atom. The molecule has 1 aromatic carbocycles. The summed E-state index contributed by atoms with van der Waals surface area (Å²) in [7, 11) is 0. The van der Waals surface area contributed by atoms with Crippen molar-refractivity contribution in [3.05, 3.63) is 35.6 Å². The average molecular weight is 321 g/mol. The first kappa shape index (κ1) is 17.4. The predicted octanol–water partition coefficient (Wildman–Crippen LogP) is 1.37. The molecule has 0 spiro atoms. The van der Waals surface area contributed by atoms with Gasteiger partial charge in [0, 0.05) is 19.0 Å². The Balaban J connectivity index is 1.87. The number of carbonyl (C=O) groups is 2. The number of nitrogens with zero attached hydrogens (tertiary/aromatic N) is 2. The van der Waals surface area contributed by atoms with Crippen molar-refractivity contribution in [3.8, 4) is 0 Å². The molecule has 2 N–H and O–H groups in total. The number of carbonyl (C=O) groups excluding carboxylic acids is 2. The van der Waals surface area contributed by atoms with Crippen LogP contribution >= 0.6 is 0 Å². The molecule has 0 saturated carbocycles. The number of halogens is 1. The highest BCUT2D eigenvalue weighted by atomic mass is 19.1. The molecule has 0 aromatic heterocycles. The summed E-state index contributed by atoms with van der Waals surface area (Å²) in [4.78, 5) is 27.4. The van der Waals surface area contributed by atoms with Crippen LogP contribution in [0.5, 0.6) is 0 Å². The normalized spacial score (nSPS) is 16.3. The number of hydrogen-bond donors (Lipinski definition) is 1. The van der Waals surface area contributed by atoms with Crippen LogP contribution < -0.4 is 5.73 Å². The van der Waals surface area contributed by atoms with Gasteiger partial charge in [0.15, 0.2) is 0 Å². The maximum Gasteiger partial charge on any atom is 0.237 e. The molecule has 23 heavy (non-hydrogen) atoms. The van der Waals surface area contributed by atoms with Crippen LogP contribution in [-0.2, 0) is 16.1 Å². The van der Waals surface area contributed by atoms with Gasteiger partial charge >= 0.3 is 0 Å². The second-order valence-corrected chi connectivity index (χ2v) is 5.99. The van der Waals surface area contributed by atoms with E-state index in [1.54, 1.807) is 11.0 Å². The van der Waals surface area contributed by atoms with Crippen LogP contribution in [0.4, 0.5) is 4.39 Å². The van der Waals surface area contributed by atoms with Crippen LogP contribution in [0.15, 0.2) is 24.3 Å². The number of benzene rings is 1. The molecule has 2 amide bonds. The first-order valence-electron chi connectivity index (χ1n) is 8.03. The molecule has 1 aliphatic heterocycles. The van der Waals surface area contributed by atoms with Gasteiger partial charge in [-0.2, -0.15) is 0 Å². The third kappa shape index (κ3) is 5.03. The monoisotopic (exact) mass is 321 g/mol. The predicted molar refractivity (Wildman–Crippen MR) is 85.8 cm³/mol. The van der Waals surface area contributed by atoms with Crippen molar-refractivity contribution in [2.45, 2.75) is 26.3 Å². The van der Waals surface area contributed by atoms with E-state index in [1.807, 2.05) is 13.0 Å². The Morgan fingerprint density at radius 2 is 2.04 bits per heavy atom. The zero-order valence-electron chi connectivity index (χ0n) is 13.5. The van der Waals surface area contributed by atoms with Crippen molar-refractivity contribution in [1.82, 2.24) is 9.80 Å². The van der Waals surface area contributed by atoms with Gasteiger partial charge in [-0.1, -0.05) is 12.1 Å². The summed E-state index contributed by atoms with van der Waals surface area (Å²) in [6.45, 7) is 4.64. The van der Waals surface area contributed by atoms with Crippen LogP contribution in [-0.4, -0.2) is 47.8 Å². The molecule has 1 aliphatic rings. The van der Waals surface area contributed by atoms with Crippen molar-refractivity contribution in [2.75, 3.05) is 26.2 Å². The maximum atomic E-state index is 13.2. The number of piperidine rings is 1. The fourth-order valence-corrected chi connectivity index (χ4v) is 2.90. The topological polar surface area (TPSA) is 66.6 Å². The van der Waals surface area contributed by atoms with Crippen LogP contribution in [0.1, 0.15) is 25.3 Å². The summed E-state index contributed by atoms with van der Waals surface area (Å²) in [6.07, 6.45) is 1.41. The highest BCUT2D eigenvalue weighted by Crippen LogP contribution is 2.17.